The van der Waals surface area contributed by atoms with Gasteiger partial charge >= 0.3 is 6.03 Å². The Hall–Kier alpha value is -3.76. The van der Waals surface area contributed by atoms with Gasteiger partial charge in [0, 0.05) is 12.1 Å². The molecule has 1 aliphatic heterocycles. The highest BCUT2D eigenvalue weighted by Crippen LogP contribution is 2.35. The number of primary amides is 1. The second kappa shape index (κ2) is 18.1. The van der Waals surface area contributed by atoms with E-state index in [4.69, 9.17) is 5.73 Å². The van der Waals surface area contributed by atoms with E-state index in [0.29, 0.717) is 31.4 Å². The molecule has 51 heavy (non-hydrogen) atoms. The number of unbranched alkanes of at least 4 members (excludes halogenated alkanes) is 3. The van der Waals surface area contributed by atoms with Crippen molar-refractivity contribution in [3.05, 3.63) is 35.9 Å². The number of hydrogen-bond donors (Lipinski definition) is 4. The standard InChI is InChI=1S/C40H61N5O6/c1-25(2)29-23-24-45(32(29)37(49)42-30(34(47)36(41)48)20-12-7-6-9-15-26-21-22-26)38(50)35(40(3,4)5)44-39(51)43-31(27-16-13-14-17-27)33(46)28-18-10-8-11-19-28/h8,10-11,18-19,25-27,29-32,35H,6-7,9,12-17,20-24H2,1-5H3,(H2,41,48)(H,42,49)(H2,43,44,51)/t29-,30?,31+,32+,35-/m1/s1. The predicted molar refractivity (Wildman–Crippen MR) is 196 cm³/mol. The first-order valence-corrected chi connectivity index (χ1v) is 19.3. The maximum absolute atomic E-state index is 14.5. The predicted octanol–water partition coefficient (Wildman–Crippen LogP) is 5.30. The molecule has 1 heterocycles. The van der Waals surface area contributed by atoms with Crippen molar-refractivity contribution in [2.24, 2.45) is 34.8 Å². The number of carbonyl (C=O) groups excluding carboxylic acids is 6. The van der Waals surface area contributed by atoms with E-state index in [1.165, 1.54) is 24.2 Å². The number of amides is 5. The second-order valence-electron chi connectivity index (χ2n) is 16.6. The number of nitrogens with two attached hydrogens (primary N) is 1. The summed E-state index contributed by atoms with van der Waals surface area (Å²) < 4.78 is 0. The molecule has 3 fully saturated rings. The van der Waals surface area contributed by atoms with E-state index >= 15 is 0 Å². The zero-order chi connectivity index (χ0) is 37.3. The van der Waals surface area contributed by atoms with Gasteiger partial charge in [-0.15, -0.1) is 0 Å². The van der Waals surface area contributed by atoms with Crippen LogP contribution >= 0.6 is 0 Å². The minimum absolute atomic E-state index is 0.00972. The number of carbonyl (C=O) groups is 6. The second-order valence-corrected chi connectivity index (χ2v) is 16.6. The quantitative estimate of drug-likeness (QED) is 0.0917. The molecule has 5 amide bonds. The molecule has 1 aromatic rings. The van der Waals surface area contributed by atoms with Gasteiger partial charge in [0.25, 0.3) is 5.91 Å². The average Bonchev–Trinajstić information content (AvgIpc) is 3.54. The first kappa shape index (κ1) is 40.0. The molecule has 4 rings (SSSR count). The number of rotatable bonds is 18. The Bertz CT molecular complexity index is 1380. The molecule has 0 bridgehead atoms. The zero-order valence-corrected chi connectivity index (χ0v) is 31.4. The van der Waals surface area contributed by atoms with E-state index in [9.17, 15) is 28.8 Å². The van der Waals surface area contributed by atoms with E-state index in [1.54, 1.807) is 24.3 Å². The van der Waals surface area contributed by atoms with Gasteiger partial charge < -0.3 is 26.6 Å². The summed E-state index contributed by atoms with van der Waals surface area (Å²) in [7, 11) is 0. The minimum Gasteiger partial charge on any atom is -0.363 e. The number of ketones is 2. The molecule has 5 atom stereocenters. The number of Topliss-reactive ketones (excluding diaryl/α,β-unsaturated/α-hetero) is 2. The van der Waals surface area contributed by atoms with Crippen LogP contribution in [0.25, 0.3) is 0 Å². The fraction of sp³-hybridized carbons (Fsp3) is 0.700. The van der Waals surface area contributed by atoms with Gasteiger partial charge in [-0.1, -0.05) is 123 Å². The topological polar surface area (TPSA) is 168 Å². The Morgan fingerprint density at radius 2 is 1.49 bits per heavy atom. The van der Waals surface area contributed by atoms with Crippen molar-refractivity contribution in [1.82, 2.24) is 20.9 Å². The molecule has 0 radical (unpaired) electrons. The molecule has 1 saturated heterocycles. The van der Waals surface area contributed by atoms with Gasteiger partial charge in [0.15, 0.2) is 5.78 Å². The van der Waals surface area contributed by atoms with Crippen molar-refractivity contribution in [2.75, 3.05) is 6.54 Å². The van der Waals surface area contributed by atoms with Crippen molar-refractivity contribution < 1.29 is 28.8 Å². The van der Waals surface area contributed by atoms with Crippen molar-refractivity contribution in [3.63, 3.8) is 0 Å². The Kier molecular flexibility index (Phi) is 14.2. The normalized spacial score (nSPS) is 21.2. The summed E-state index contributed by atoms with van der Waals surface area (Å²) in [5.41, 5.74) is 5.17. The Morgan fingerprint density at radius 1 is 0.843 bits per heavy atom. The number of nitrogens with one attached hydrogen (secondary N) is 3. The van der Waals surface area contributed by atoms with Crippen LogP contribution < -0.4 is 21.7 Å². The van der Waals surface area contributed by atoms with Crippen LogP contribution in [0.4, 0.5) is 4.79 Å². The van der Waals surface area contributed by atoms with Crippen LogP contribution in [0.2, 0.25) is 0 Å². The lowest BCUT2D eigenvalue weighted by atomic mass is 9.84. The third kappa shape index (κ3) is 11.1. The summed E-state index contributed by atoms with van der Waals surface area (Å²) in [5.74, 6) is -2.33. The van der Waals surface area contributed by atoms with Crippen LogP contribution in [0.3, 0.4) is 0 Å². The fourth-order valence-electron chi connectivity index (χ4n) is 7.94. The number of urea groups is 1. The first-order valence-electron chi connectivity index (χ1n) is 19.3. The lowest BCUT2D eigenvalue weighted by molar-refractivity contribution is -0.144. The molecule has 5 N–H and O–H groups in total. The fourth-order valence-corrected chi connectivity index (χ4v) is 7.94. The summed E-state index contributed by atoms with van der Waals surface area (Å²) in [6, 6.07) is 4.57. The summed E-state index contributed by atoms with van der Waals surface area (Å²) in [5, 5.41) is 8.62. The highest BCUT2D eigenvalue weighted by atomic mass is 16.2. The average molecular weight is 708 g/mol. The number of nitrogens with zero attached hydrogens (tertiary/aromatic N) is 1. The van der Waals surface area contributed by atoms with E-state index in [2.05, 4.69) is 16.0 Å². The van der Waals surface area contributed by atoms with E-state index in [0.717, 1.165) is 50.9 Å². The molecule has 1 unspecified atom stereocenters. The van der Waals surface area contributed by atoms with Gasteiger partial charge in [-0.05, 0) is 54.8 Å². The van der Waals surface area contributed by atoms with Gasteiger partial charge in [-0.25, -0.2) is 4.79 Å². The van der Waals surface area contributed by atoms with Gasteiger partial charge in [0.05, 0.1) is 12.1 Å². The smallest absolute Gasteiger partial charge is 0.316 e. The van der Waals surface area contributed by atoms with Crippen LogP contribution in [0.1, 0.15) is 128 Å². The summed E-state index contributed by atoms with van der Waals surface area (Å²) >= 11 is 0. The third-order valence-electron chi connectivity index (χ3n) is 11.2. The monoisotopic (exact) mass is 707 g/mol. The lowest BCUT2D eigenvalue weighted by Crippen LogP contribution is -2.62. The van der Waals surface area contributed by atoms with Crippen LogP contribution in [-0.4, -0.2) is 70.9 Å². The molecule has 0 spiro atoms. The van der Waals surface area contributed by atoms with Crippen molar-refractivity contribution in [2.45, 2.75) is 142 Å². The van der Waals surface area contributed by atoms with Crippen LogP contribution in [0.15, 0.2) is 30.3 Å². The van der Waals surface area contributed by atoms with Crippen molar-refractivity contribution in [1.29, 1.82) is 0 Å². The molecular formula is C40H61N5O6. The Morgan fingerprint density at radius 3 is 2.08 bits per heavy atom. The molecule has 11 heteroatoms. The maximum atomic E-state index is 14.5. The molecule has 2 aliphatic carbocycles. The molecule has 0 aromatic heterocycles. The van der Waals surface area contributed by atoms with Crippen LogP contribution in [-0.2, 0) is 19.2 Å². The largest absolute Gasteiger partial charge is 0.363 e. The highest BCUT2D eigenvalue weighted by Gasteiger charge is 2.48. The summed E-state index contributed by atoms with van der Waals surface area (Å²) in [4.78, 5) is 82.2. The van der Waals surface area contributed by atoms with E-state index in [-0.39, 0.29) is 23.5 Å². The van der Waals surface area contributed by atoms with Gasteiger partial charge in [-0.3, -0.25) is 24.0 Å². The maximum Gasteiger partial charge on any atom is 0.316 e. The van der Waals surface area contributed by atoms with Crippen molar-refractivity contribution >= 4 is 35.3 Å². The molecular weight excluding hydrogens is 646 g/mol. The third-order valence-corrected chi connectivity index (χ3v) is 11.2. The number of likely N-dealkylation sites (tertiary alicyclic amines) is 1. The lowest BCUT2D eigenvalue weighted by Gasteiger charge is -2.37. The molecule has 1 aromatic carbocycles. The SMILES string of the molecule is CC(C)[C@H]1CCN(C(=O)[C@@H](NC(=O)N[C@H](C(=O)c2ccccc2)C2CCCC2)C(C)(C)C)[C@@H]1C(=O)NC(CCCCCCC1CC1)C(=O)C(N)=O. The molecule has 11 nitrogen and oxygen atoms in total. The Labute approximate surface area is 304 Å². The molecule has 3 aliphatic rings. The van der Waals surface area contributed by atoms with E-state index in [1.807, 2.05) is 40.7 Å². The van der Waals surface area contributed by atoms with Gasteiger partial charge in [-0.2, -0.15) is 0 Å². The number of benzene rings is 1. The first-order chi connectivity index (χ1) is 24.2. The van der Waals surface area contributed by atoms with Gasteiger partial charge in [0.2, 0.25) is 17.6 Å². The van der Waals surface area contributed by atoms with E-state index < -0.39 is 59.1 Å². The highest BCUT2D eigenvalue weighted by molar-refractivity contribution is 6.37. The summed E-state index contributed by atoms with van der Waals surface area (Å²) in [6.07, 6.45) is 12.0. The van der Waals surface area contributed by atoms with Crippen LogP contribution in [0, 0.1) is 29.1 Å². The molecule has 282 valence electrons. The number of hydrogen-bond acceptors (Lipinski definition) is 6. The zero-order valence-electron chi connectivity index (χ0n) is 31.4. The summed E-state index contributed by atoms with van der Waals surface area (Å²) in [6.45, 7) is 9.81. The Balaban J connectivity index is 1.48. The van der Waals surface area contributed by atoms with Crippen LogP contribution in [0.5, 0.6) is 0 Å². The van der Waals surface area contributed by atoms with Crippen molar-refractivity contribution in [3.8, 4) is 0 Å². The van der Waals surface area contributed by atoms with Gasteiger partial charge in [0.1, 0.15) is 12.1 Å². The molecule has 2 saturated carbocycles. The minimum atomic E-state index is -1.10.